The zero-order chi connectivity index (χ0) is 15.3. The molecule has 21 heavy (non-hydrogen) atoms. The largest absolute Gasteiger partial charge is 0.481 e. The molecular formula is C18H33NO2. The smallest absolute Gasteiger partial charge is 0.310 e. The van der Waals surface area contributed by atoms with E-state index >= 15 is 0 Å². The fourth-order valence-corrected chi connectivity index (χ4v) is 4.60. The molecule has 3 nitrogen and oxygen atoms in total. The molecule has 3 unspecified atom stereocenters. The van der Waals surface area contributed by atoms with Crippen molar-refractivity contribution in [2.75, 3.05) is 13.1 Å². The monoisotopic (exact) mass is 295 g/mol. The van der Waals surface area contributed by atoms with Crippen molar-refractivity contribution in [3.05, 3.63) is 0 Å². The number of nitrogens with zero attached hydrogens (tertiary/aromatic N) is 1. The third kappa shape index (κ3) is 4.00. The predicted molar refractivity (Wildman–Crippen MR) is 86.4 cm³/mol. The molecule has 0 aromatic rings. The number of rotatable bonds is 6. The average molecular weight is 295 g/mol. The van der Waals surface area contributed by atoms with Crippen molar-refractivity contribution >= 4 is 5.97 Å². The summed E-state index contributed by atoms with van der Waals surface area (Å²) in [7, 11) is 0. The minimum Gasteiger partial charge on any atom is -0.481 e. The van der Waals surface area contributed by atoms with Gasteiger partial charge in [-0.25, -0.2) is 0 Å². The van der Waals surface area contributed by atoms with Gasteiger partial charge in [0.2, 0.25) is 0 Å². The quantitative estimate of drug-likeness (QED) is 0.742. The van der Waals surface area contributed by atoms with Crippen LogP contribution in [0.25, 0.3) is 0 Å². The summed E-state index contributed by atoms with van der Waals surface area (Å²) in [5.41, 5.74) is -0.454. The van der Waals surface area contributed by atoms with Crippen LogP contribution >= 0.6 is 0 Å². The van der Waals surface area contributed by atoms with E-state index in [0.717, 1.165) is 38.3 Å². The molecule has 1 aliphatic heterocycles. The van der Waals surface area contributed by atoms with Crippen molar-refractivity contribution in [3.63, 3.8) is 0 Å². The van der Waals surface area contributed by atoms with Crippen LogP contribution in [-0.4, -0.2) is 35.1 Å². The van der Waals surface area contributed by atoms with Gasteiger partial charge in [-0.3, -0.25) is 9.69 Å². The number of hydrogen-bond acceptors (Lipinski definition) is 2. The number of aliphatic carboxylic acids is 1. The Balaban J connectivity index is 1.92. The van der Waals surface area contributed by atoms with Gasteiger partial charge in [-0.2, -0.15) is 0 Å². The minimum atomic E-state index is -0.565. The van der Waals surface area contributed by atoms with Crippen LogP contribution in [0.2, 0.25) is 0 Å². The summed E-state index contributed by atoms with van der Waals surface area (Å²) in [6.07, 6.45) is 12.0. The van der Waals surface area contributed by atoms with Crippen molar-refractivity contribution < 1.29 is 9.90 Å². The summed E-state index contributed by atoms with van der Waals surface area (Å²) in [6.45, 7) is 6.18. The first-order valence-electron chi connectivity index (χ1n) is 9.08. The van der Waals surface area contributed by atoms with E-state index in [1.54, 1.807) is 0 Å². The van der Waals surface area contributed by atoms with Gasteiger partial charge >= 0.3 is 5.97 Å². The molecule has 2 fully saturated rings. The Hall–Kier alpha value is -0.570. The minimum absolute atomic E-state index is 0.454. The highest BCUT2D eigenvalue weighted by Crippen LogP contribution is 2.39. The number of carboxylic acid groups (broad SMARTS) is 1. The molecule has 0 aromatic carbocycles. The summed E-state index contributed by atoms with van der Waals surface area (Å²) >= 11 is 0. The predicted octanol–water partition coefficient (Wildman–Crippen LogP) is 4.31. The highest BCUT2D eigenvalue weighted by Gasteiger charge is 2.45. The number of carboxylic acids is 1. The molecule has 122 valence electrons. The van der Waals surface area contributed by atoms with Crippen molar-refractivity contribution in [2.45, 2.75) is 84.1 Å². The average Bonchev–Trinajstić information content (AvgIpc) is 2.75. The number of carbonyl (C=O) groups is 1. The molecule has 0 bridgehead atoms. The molecule has 0 radical (unpaired) electrons. The van der Waals surface area contributed by atoms with E-state index in [1.807, 2.05) is 0 Å². The molecule has 2 aliphatic rings. The van der Waals surface area contributed by atoms with Crippen molar-refractivity contribution in [3.8, 4) is 0 Å². The maximum atomic E-state index is 11.7. The summed E-state index contributed by atoms with van der Waals surface area (Å²) in [5.74, 6) is 0.354. The third-order valence-electron chi connectivity index (χ3n) is 5.84. The van der Waals surface area contributed by atoms with E-state index < -0.39 is 11.4 Å². The first-order valence-corrected chi connectivity index (χ1v) is 9.08. The molecule has 3 heteroatoms. The maximum absolute atomic E-state index is 11.7. The molecule has 0 spiro atoms. The molecule has 0 aromatic heterocycles. The van der Waals surface area contributed by atoms with Crippen molar-refractivity contribution in [2.24, 2.45) is 11.3 Å². The lowest BCUT2D eigenvalue weighted by molar-refractivity contribution is -0.148. The van der Waals surface area contributed by atoms with Crippen LogP contribution in [0.5, 0.6) is 0 Å². The summed E-state index contributed by atoms with van der Waals surface area (Å²) in [5, 5.41) is 9.65. The molecule has 1 N–H and O–H groups in total. The lowest BCUT2D eigenvalue weighted by Crippen LogP contribution is -2.38. The van der Waals surface area contributed by atoms with Gasteiger partial charge in [-0.05, 0) is 44.6 Å². The second-order valence-corrected chi connectivity index (χ2v) is 7.37. The van der Waals surface area contributed by atoms with Gasteiger partial charge in [-0.15, -0.1) is 0 Å². The van der Waals surface area contributed by atoms with Gasteiger partial charge in [0.15, 0.2) is 0 Å². The Morgan fingerprint density at radius 2 is 2.00 bits per heavy atom. The molecule has 0 amide bonds. The van der Waals surface area contributed by atoms with Crippen molar-refractivity contribution in [1.29, 1.82) is 0 Å². The van der Waals surface area contributed by atoms with E-state index in [-0.39, 0.29) is 0 Å². The van der Waals surface area contributed by atoms with Crippen LogP contribution in [0.15, 0.2) is 0 Å². The van der Waals surface area contributed by atoms with E-state index in [2.05, 4.69) is 18.7 Å². The van der Waals surface area contributed by atoms with Gasteiger partial charge in [0, 0.05) is 12.6 Å². The van der Waals surface area contributed by atoms with E-state index in [0.29, 0.717) is 6.04 Å². The van der Waals surface area contributed by atoms with Gasteiger partial charge in [-0.1, -0.05) is 46.0 Å². The molecular weight excluding hydrogens is 262 g/mol. The second-order valence-electron chi connectivity index (χ2n) is 7.37. The fraction of sp³-hybridized carbons (Fsp3) is 0.944. The molecule has 2 rings (SSSR count). The van der Waals surface area contributed by atoms with Crippen LogP contribution in [0, 0.1) is 11.3 Å². The zero-order valence-corrected chi connectivity index (χ0v) is 13.9. The number of likely N-dealkylation sites (tertiary alicyclic amines) is 1. The molecule has 1 saturated carbocycles. The Kier molecular flexibility index (Phi) is 6.09. The van der Waals surface area contributed by atoms with Crippen LogP contribution < -0.4 is 0 Å². The highest BCUT2D eigenvalue weighted by atomic mass is 16.4. The molecule has 1 aliphatic carbocycles. The first-order chi connectivity index (χ1) is 10.1. The Bertz CT molecular complexity index is 344. The summed E-state index contributed by atoms with van der Waals surface area (Å²) in [4.78, 5) is 14.2. The van der Waals surface area contributed by atoms with Crippen LogP contribution in [-0.2, 0) is 4.79 Å². The second kappa shape index (κ2) is 7.62. The molecule has 3 atom stereocenters. The normalized spacial score (nSPS) is 34.8. The summed E-state index contributed by atoms with van der Waals surface area (Å²) in [6, 6.07) is 0.643. The van der Waals surface area contributed by atoms with Gasteiger partial charge in [0.1, 0.15) is 0 Å². The molecule has 1 heterocycles. The van der Waals surface area contributed by atoms with Crippen molar-refractivity contribution in [1.82, 2.24) is 4.90 Å². The van der Waals surface area contributed by atoms with E-state index in [1.165, 1.54) is 44.9 Å². The highest BCUT2D eigenvalue weighted by molar-refractivity contribution is 5.75. The fourth-order valence-electron chi connectivity index (χ4n) is 4.60. The SMILES string of the molecule is CCCC1CCCC(N2CCC(CCC)(C(=O)O)C2)CC1. The van der Waals surface area contributed by atoms with E-state index in [4.69, 9.17) is 0 Å². The topological polar surface area (TPSA) is 40.5 Å². The van der Waals surface area contributed by atoms with Crippen LogP contribution in [0.4, 0.5) is 0 Å². The third-order valence-corrected chi connectivity index (χ3v) is 5.84. The Labute approximate surface area is 130 Å². The lowest BCUT2D eigenvalue weighted by Gasteiger charge is -2.29. The van der Waals surface area contributed by atoms with Crippen LogP contribution in [0.3, 0.4) is 0 Å². The van der Waals surface area contributed by atoms with E-state index in [9.17, 15) is 9.90 Å². The van der Waals surface area contributed by atoms with Gasteiger partial charge in [0.25, 0.3) is 0 Å². The van der Waals surface area contributed by atoms with Crippen LogP contribution in [0.1, 0.15) is 78.1 Å². The first kappa shape index (κ1) is 16.8. The van der Waals surface area contributed by atoms with Gasteiger partial charge < -0.3 is 5.11 Å². The standard InChI is InChI=1S/C18H33NO2/c1-3-6-15-7-5-8-16(10-9-15)19-13-12-18(14-19,11-4-2)17(20)21/h15-16H,3-14H2,1-2H3,(H,20,21). The Morgan fingerprint density at radius 1 is 1.19 bits per heavy atom. The maximum Gasteiger partial charge on any atom is 0.310 e. The summed E-state index contributed by atoms with van der Waals surface area (Å²) < 4.78 is 0. The Morgan fingerprint density at radius 3 is 2.67 bits per heavy atom. The lowest BCUT2D eigenvalue weighted by atomic mass is 9.82. The molecule has 1 saturated heterocycles. The number of hydrogen-bond donors (Lipinski definition) is 1. The zero-order valence-electron chi connectivity index (χ0n) is 13.9. The van der Waals surface area contributed by atoms with Gasteiger partial charge in [0.05, 0.1) is 5.41 Å².